The second kappa shape index (κ2) is 11.0. The third kappa shape index (κ3) is 6.20. The largest absolute Gasteiger partial charge is 0.339 e. The summed E-state index contributed by atoms with van der Waals surface area (Å²) in [4.78, 5) is 24.2. The maximum Gasteiger partial charge on any atom is 0.254 e. The molecule has 2 rings (SSSR count). The molecule has 1 heterocycles. The van der Waals surface area contributed by atoms with Gasteiger partial charge in [-0.05, 0) is 51.9 Å². The molecule has 0 atom stereocenters. The minimum absolute atomic E-state index is 0.100. The first kappa shape index (κ1) is 23.7. The first-order valence-electron chi connectivity index (χ1n) is 10.1. The number of rotatable bonds is 9. The molecule has 0 aliphatic carbocycles. The highest BCUT2D eigenvalue weighted by molar-refractivity contribution is 6.33. The molecule has 0 unspecified atom stereocenters. The number of allylic oxidation sites excluding steroid dienone is 1. The predicted octanol–water partition coefficient (Wildman–Crippen LogP) is 5.17. The Bertz CT molecular complexity index is 1010. The van der Waals surface area contributed by atoms with Crippen LogP contribution >= 0.6 is 11.6 Å². The molecular weight excluding hydrogens is 396 g/mol. The maximum atomic E-state index is 12.4. The Morgan fingerprint density at radius 1 is 1.33 bits per heavy atom. The lowest BCUT2D eigenvalue weighted by molar-refractivity contribution is 0.279. The second-order valence-corrected chi connectivity index (χ2v) is 8.00. The number of aromatic nitrogens is 2. The molecule has 0 aliphatic heterocycles. The third-order valence-electron chi connectivity index (χ3n) is 4.77. The van der Waals surface area contributed by atoms with Crippen molar-refractivity contribution in [3.8, 4) is 0 Å². The van der Waals surface area contributed by atoms with Gasteiger partial charge < -0.3 is 9.88 Å². The number of para-hydroxylation sites is 1. The van der Waals surface area contributed by atoms with Crippen LogP contribution in [0.2, 0.25) is 5.02 Å². The van der Waals surface area contributed by atoms with E-state index in [-0.39, 0.29) is 5.56 Å². The summed E-state index contributed by atoms with van der Waals surface area (Å²) < 4.78 is 0. The van der Waals surface area contributed by atoms with Crippen molar-refractivity contribution in [3.05, 3.63) is 80.3 Å². The van der Waals surface area contributed by atoms with Gasteiger partial charge in [0.15, 0.2) is 0 Å². The molecule has 0 amide bonds. The molecule has 2 aromatic rings. The molecule has 0 saturated carbocycles. The monoisotopic (exact) mass is 426 g/mol. The number of likely N-dealkylation sites (N-methyl/N-ethyl adjacent to an activating group) is 1. The minimum Gasteiger partial charge on any atom is -0.339 e. The number of nitrogens with one attached hydrogen (secondary N) is 1. The topological polar surface area (TPSA) is 52.2 Å². The Kier molecular flexibility index (Phi) is 8.67. The van der Waals surface area contributed by atoms with Gasteiger partial charge in [0.2, 0.25) is 0 Å². The number of benzene rings is 1. The van der Waals surface area contributed by atoms with E-state index in [0.29, 0.717) is 29.5 Å². The van der Waals surface area contributed by atoms with Gasteiger partial charge in [-0.3, -0.25) is 9.69 Å². The number of anilines is 1. The fourth-order valence-electron chi connectivity index (χ4n) is 3.19. The van der Waals surface area contributed by atoms with Crippen molar-refractivity contribution >= 4 is 23.4 Å². The van der Waals surface area contributed by atoms with Gasteiger partial charge >= 0.3 is 0 Å². The van der Waals surface area contributed by atoms with Crippen molar-refractivity contribution < 1.29 is 0 Å². The van der Waals surface area contributed by atoms with Crippen molar-refractivity contribution in [1.29, 1.82) is 0 Å². The molecule has 30 heavy (non-hydrogen) atoms. The van der Waals surface area contributed by atoms with Gasteiger partial charge in [-0.1, -0.05) is 42.8 Å². The Balaban J connectivity index is 2.29. The zero-order chi connectivity index (χ0) is 22.3. The van der Waals surface area contributed by atoms with E-state index in [1.807, 2.05) is 56.1 Å². The molecule has 5 nitrogen and oxygen atoms in total. The molecule has 6 heteroatoms. The van der Waals surface area contributed by atoms with Crippen LogP contribution in [0.3, 0.4) is 0 Å². The van der Waals surface area contributed by atoms with Crippen LogP contribution in [0.25, 0.3) is 6.08 Å². The molecular formula is C24H31ClN4O. The smallest absolute Gasteiger partial charge is 0.254 e. The summed E-state index contributed by atoms with van der Waals surface area (Å²) in [5.74, 6) is 0.648. The summed E-state index contributed by atoms with van der Waals surface area (Å²) in [6.45, 7) is 13.8. The lowest BCUT2D eigenvalue weighted by Gasteiger charge is -2.28. The first-order chi connectivity index (χ1) is 14.3. The minimum atomic E-state index is -0.100. The number of H-pyrrole nitrogens is 1. The number of hydrogen-bond donors (Lipinski definition) is 1. The molecule has 1 N–H and O–H groups in total. The average Bonchev–Trinajstić information content (AvgIpc) is 2.69. The van der Waals surface area contributed by atoms with Crippen LogP contribution < -0.4 is 10.5 Å². The van der Waals surface area contributed by atoms with E-state index in [0.717, 1.165) is 35.6 Å². The molecule has 0 spiro atoms. The van der Waals surface area contributed by atoms with Crippen LogP contribution in [0.1, 0.15) is 44.3 Å². The summed E-state index contributed by atoms with van der Waals surface area (Å²) in [6.07, 6.45) is 2.91. The normalized spacial score (nSPS) is 10.6. The quantitative estimate of drug-likeness (QED) is 0.562. The maximum absolute atomic E-state index is 12.4. The van der Waals surface area contributed by atoms with Crippen LogP contribution in [-0.2, 0) is 6.54 Å². The van der Waals surface area contributed by atoms with E-state index < -0.39 is 0 Å². The first-order valence-corrected chi connectivity index (χ1v) is 10.5. The Morgan fingerprint density at radius 3 is 2.63 bits per heavy atom. The fourth-order valence-corrected chi connectivity index (χ4v) is 3.45. The van der Waals surface area contributed by atoms with E-state index in [4.69, 9.17) is 16.6 Å². The van der Waals surface area contributed by atoms with E-state index in [9.17, 15) is 4.79 Å². The van der Waals surface area contributed by atoms with Crippen LogP contribution in [0.4, 0.5) is 5.69 Å². The van der Waals surface area contributed by atoms with Crippen LogP contribution in [0, 0.1) is 6.92 Å². The SMILES string of the molecule is C=C=C(CN(CCC)Cc1nc(C=C(C)C)c(C)c(=O)[nH]1)N(C)c1ccccc1Cl. The predicted molar refractivity (Wildman–Crippen MR) is 127 cm³/mol. The lowest BCUT2D eigenvalue weighted by Crippen LogP contribution is -2.33. The number of halogens is 1. The summed E-state index contributed by atoms with van der Waals surface area (Å²) in [5.41, 5.74) is 7.20. The van der Waals surface area contributed by atoms with Gasteiger partial charge in [0, 0.05) is 19.2 Å². The third-order valence-corrected chi connectivity index (χ3v) is 5.09. The van der Waals surface area contributed by atoms with E-state index >= 15 is 0 Å². The van der Waals surface area contributed by atoms with E-state index in [1.165, 1.54) is 0 Å². The van der Waals surface area contributed by atoms with Gasteiger partial charge in [-0.2, -0.15) is 0 Å². The van der Waals surface area contributed by atoms with Gasteiger partial charge in [0.05, 0.1) is 28.6 Å². The molecule has 1 aromatic carbocycles. The van der Waals surface area contributed by atoms with Crippen molar-refractivity contribution in [2.45, 2.75) is 40.7 Å². The molecule has 0 fully saturated rings. The highest BCUT2D eigenvalue weighted by Gasteiger charge is 2.16. The molecule has 0 aliphatic rings. The molecule has 160 valence electrons. The summed E-state index contributed by atoms with van der Waals surface area (Å²) in [7, 11) is 1.96. The van der Waals surface area contributed by atoms with E-state index in [1.54, 1.807) is 6.92 Å². The number of hydrogen-bond acceptors (Lipinski definition) is 4. The number of nitrogens with zero attached hydrogens (tertiary/aromatic N) is 3. The van der Waals surface area contributed by atoms with Crippen molar-refractivity contribution in [3.63, 3.8) is 0 Å². The van der Waals surface area contributed by atoms with Gasteiger partial charge in [-0.15, -0.1) is 5.73 Å². The lowest BCUT2D eigenvalue weighted by atomic mass is 10.2. The zero-order valence-corrected chi connectivity index (χ0v) is 19.3. The Morgan fingerprint density at radius 2 is 2.03 bits per heavy atom. The van der Waals surface area contributed by atoms with Crippen LogP contribution in [0.5, 0.6) is 0 Å². The Hall–Kier alpha value is -2.59. The summed E-state index contributed by atoms with van der Waals surface area (Å²) in [5, 5.41) is 0.672. The Labute approximate surface area is 184 Å². The van der Waals surface area contributed by atoms with Crippen LogP contribution in [-0.4, -0.2) is 35.0 Å². The zero-order valence-electron chi connectivity index (χ0n) is 18.6. The summed E-state index contributed by atoms with van der Waals surface area (Å²) in [6, 6.07) is 7.69. The average molecular weight is 427 g/mol. The fraction of sp³-hybridized carbons (Fsp3) is 0.375. The van der Waals surface area contributed by atoms with Gasteiger partial charge in [0.1, 0.15) is 5.82 Å². The van der Waals surface area contributed by atoms with Gasteiger partial charge in [-0.25, -0.2) is 4.98 Å². The molecule has 0 saturated heterocycles. The highest BCUT2D eigenvalue weighted by Crippen LogP contribution is 2.27. The molecule has 0 bridgehead atoms. The van der Waals surface area contributed by atoms with Gasteiger partial charge in [0.25, 0.3) is 5.56 Å². The standard InChI is InChI=1S/C24H31ClN4O/c1-7-13-29(15-19(8-2)28(6)22-12-10-9-11-20(22)25)16-23-26-21(14-17(3)4)18(5)24(30)27-23/h9-12,14H,2,7,13,15-16H2,1,3-6H3,(H,26,27,30). The number of aromatic amines is 1. The molecule has 1 aromatic heterocycles. The molecule has 0 radical (unpaired) electrons. The van der Waals surface area contributed by atoms with Crippen molar-refractivity contribution in [2.24, 2.45) is 0 Å². The van der Waals surface area contributed by atoms with Crippen LogP contribution in [0.15, 0.2) is 52.6 Å². The van der Waals surface area contributed by atoms with Crippen molar-refractivity contribution in [1.82, 2.24) is 14.9 Å². The van der Waals surface area contributed by atoms with Crippen molar-refractivity contribution in [2.75, 3.05) is 25.0 Å². The highest BCUT2D eigenvalue weighted by atomic mass is 35.5. The summed E-state index contributed by atoms with van der Waals surface area (Å²) >= 11 is 6.37. The second-order valence-electron chi connectivity index (χ2n) is 7.59. The van der Waals surface area contributed by atoms with E-state index in [2.05, 4.69) is 29.1 Å².